The lowest BCUT2D eigenvalue weighted by Gasteiger charge is -2.24. The van der Waals surface area contributed by atoms with Crippen LogP contribution in [0.4, 0.5) is 9.18 Å². The molecule has 1 unspecified atom stereocenters. The summed E-state index contributed by atoms with van der Waals surface area (Å²) < 4.78 is 15.7. The fourth-order valence-corrected chi connectivity index (χ4v) is 3.00. The van der Waals surface area contributed by atoms with E-state index >= 15 is 0 Å². The smallest absolute Gasteiger partial charge is 0.315 e. The van der Waals surface area contributed by atoms with Gasteiger partial charge in [0, 0.05) is 30.4 Å². The summed E-state index contributed by atoms with van der Waals surface area (Å²) >= 11 is 0. The highest BCUT2D eigenvalue weighted by molar-refractivity contribution is 5.74. The van der Waals surface area contributed by atoms with Gasteiger partial charge in [0.15, 0.2) is 0 Å². The second-order valence-electron chi connectivity index (χ2n) is 5.86. The minimum absolute atomic E-state index is 0.0655. The molecule has 2 aromatic rings. The average molecular weight is 327 g/mol. The molecule has 1 heterocycles. The molecule has 3 rings (SSSR count). The van der Waals surface area contributed by atoms with E-state index in [1.165, 1.54) is 12.1 Å². The van der Waals surface area contributed by atoms with Crippen LogP contribution in [0.5, 0.6) is 0 Å². The minimum atomic E-state index is -0.499. The molecule has 0 saturated heterocycles. The van der Waals surface area contributed by atoms with E-state index in [0.29, 0.717) is 5.56 Å². The maximum absolute atomic E-state index is 13.8. The molecular formula is C17H18FN5O. The van der Waals surface area contributed by atoms with Crippen molar-refractivity contribution in [3.63, 3.8) is 0 Å². The molecule has 2 amide bonds. The van der Waals surface area contributed by atoms with Crippen LogP contribution in [-0.4, -0.2) is 15.8 Å². The van der Waals surface area contributed by atoms with E-state index in [-0.39, 0.29) is 24.2 Å². The van der Waals surface area contributed by atoms with Crippen LogP contribution < -0.4 is 10.6 Å². The Kier molecular flexibility index (Phi) is 4.47. The van der Waals surface area contributed by atoms with Gasteiger partial charge in [0.1, 0.15) is 5.82 Å². The fraction of sp³-hybridized carbons (Fsp3) is 0.353. The quantitative estimate of drug-likeness (QED) is 0.907. The molecule has 0 fully saturated rings. The van der Waals surface area contributed by atoms with Gasteiger partial charge in [-0.2, -0.15) is 10.4 Å². The first-order chi connectivity index (χ1) is 11.6. The number of carbonyl (C=O) groups excluding carboxylic acids is 1. The summed E-state index contributed by atoms with van der Waals surface area (Å²) in [4.78, 5) is 12.1. The van der Waals surface area contributed by atoms with Crippen molar-refractivity contribution in [1.29, 1.82) is 5.26 Å². The van der Waals surface area contributed by atoms with Crippen LogP contribution in [0.15, 0.2) is 24.4 Å². The average Bonchev–Trinajstić information content (AvgIpc) is 2.96. The Labute approximate surface area is 139 Å². The number of amides is 2. The number of carbonyl (C=O) groups is 1. The normalized spacial score (nSPS) is 16.1. The van der Waals surface area contributed by atoms with Gasteiger partial charge < -0.3 is 10.6 Å². The topological polar surface area (TPSA) is 82.7 Å². The number of aromatic nitrogens is 2. The van der Waals surface area contributed by atoms with E-state index in [2.05, 4.69) is 15.7 Å². The van der Waals surface area contributed by atoms with Crippen molar-refractivity contribution in [3.8, 4) is 6.07 Å². The molecule has 24 heavy (non-hydrogen) atoms. The van der Waals surface area contributed by atoms with Crippen molar-refractivity contribution < 1.29 is 9.18 Å². The molecule has 1 aromatic carbocycles. The van der Waals surface area contributed by atoms with Crippen molar-refractivity contribution >= 4 is 6.03 Å². The molecule has 1 atom stereocenters. The van der Waals surface area contributed by atoms with Crippen LogP contribution in [0.3, 0.4) is 0 Å². The summed E-state index contributed by atoms with van der Waals surface area (Å²) in [5.74, 6) is -0.499. The van der Waals surface area contributed by atoms with Crippen molar-refractivity contribution in [3.05, 3.63) is 52.6 Å². The molecule has 0 bridgehead atoms. The molecule has 1 aliphatic carbocycles. The van der Waals surface area contributed by atoms with Gasteiger partial charge in [-0.25, -0.2) is 9.18 Å². The van der Waals surface area contributed by atoms with Gasteiger partial charge in [0.2, 0.25) is 0 Å². The number of nitriles is 1. The number of aryl methyl sites for hydroxylation is 1. The summed E-state index contributed by atoms with van der Waals surface area (Å²) in [7, 11) is 1.90. The van der Waals surface area contributed by atoms with Gasteiger partial charge in [0.25, 0.3) is 0 Å². The molecule has 1 aromatic heterocycles. The fourth-order valence-electron chi connectivity index (χ4n) is 3.00. The van der Waals surface area contributed by atoms with Gasteiger partial charge in [-0.05, 0) is 31.4 Å². The van der Waals surface area contributed by atoms with Crippen LogP contribution in [0.1, 0.15) is 41.3 Å². The summed E-state index contributed by atoms with van der Waals surface area (Å²) in [5, 5.41) is 18.6. The zero-order valence-electron chi connectivity index (χ0n) is 13.3. The standard InChI is InChI=1S/C17H18FN5O/c1-23-16-4-2-3-15(13(16)10-21-23)22-17(24)20-9-12-6-5-11(8-19)7-14(12)18/h5-7,10,15H,2-4,9H2,1H3,(H2,20,22,24). The van der Waals surface area contributed by atoms with Crippen molar-refractivity contribution in [2.45, 2.75) is 31.8 Å². The second kappa shape index (κ2) is 6.71. The predicted molar refractivity (Wildman–Crippen MR) is 85.4 cm³/mol. The molecule has 1 aliphatic rings. The first-order valence-corrected chi connectivity index (χ1v) is 7.82. The van der Waals surface area contributed by atoms with E-state index in [1.54, 1.807) is 6.20 Å². The Morgan fingerprint density at radius 2 is 2.38 bits per heavy atom. The lowest BCUT2D eigenvalue weighted by molar-refractivity contribution is 0.235. The van der Waals surface area contributed by atoms with Crippen LogP contribution in [0.2, 0.25) is 0 Å². The SMILES string of the molecule is Cn1ncc2c1CCCC2NC(=O)NCc1ccc(C#N)cc1F. The number of hydrogen-bond donors (Lipinski definition) is 2. The van der Waals surface area contributed by atoms with Crippen molar-refractivity contribution in [2.24, 2.45) is 7.05 Å². The Bertz CT molecular complexity index is 808. The third-order valence-electron chi connectivity index (χ3n) is 4.30. The number of urea groups is 1. The van der Waals surface area contributed by atoms with Gasteiger partial charge in [-0.1, -0.05) is 6.07 Å². The lowest BCUT2D eigenvalue weighted by atomic mass is 9.93. The number of benzene rings is 1. The number of nitrogens with one attached hydrogen (secondary N) is 2. The first kappa shape index (κ1) is 16.0. The van der Waals surface area contributed by atoms with E-state index in [1.807, 2.05) is 17.8 Å². The van der Waals surface area contributed by atoms with Crippen LogP contribution in [0, 0.1) is 17.1 Å². The molecule has 0 saturated carbocycles. The highest BCUT2D eigenvalue weighted by Crippen LogP contribution is 2.28. The lowest BCUT2D eigenvalue weighted by Crippen LogP contribution is -2.38. The summed E-state index contributed by atoms with van der Waals surface area (Å²) in [6, 6.07) is 5.66. The first-order valence-electron chi connectivity index (χ1n) is 7.82. The maximum atomic E-state index is 13.8. The molecule has 7 heteroatoms. The van der Waals surface area contributed by atoms with Gasteiger partial charge in [-0.15, -0.1) is 0 Å². The molecular weight excluding hydrogens is 309 g/mol. The molecule has 0 spiro atoms. The van der Waals surface area contributed by atoms with E-state index < -0.39 is 5.82 Å². The molecule has 0 radical (unpaired) electrons. The summed E-state index contributed by atoms with van der Waals surface area (Å²) in [6.07, 6.45) is 4.60. The Hall–Kier alpha value is -2.88. The second-order valence-corrected chi connectivity index (χ2v) is 5.86. The molecule has 0 aliphatic heterocycles. The number of halogens is 1. The highest BCUT2D eigenvalue weighted by Gasteiger charge is 2.24. The molecule has 6 nitrogen and oxygen atoms in total. The van der Waals surface area contributed by atoms with Crippen molar-refractivity contribution in [1.82, 2.24) is 20.4 Å². The van der Waals surface area contributed by atoms with Gasteiger partial charge in [0.05, 0.1) is 23.9 Å². The molecule has 124 valence electrons. The van der Waals surface area contributed by atoms with Crippen LogP contribution in [0.25, 0.3) is 0 Å². The Morgan fingerprint density at radius 1 is 1.54 bits per heavy atom. The van der Waals surface area contributed by atoms with Crippen molar-refractivity contribution in [2.75, 3.05) is 0 Å². The van der Waals surface area contributed by atoms with Crippen LogP contribution in [-0.2, 0) is 20.0 Å². The number of hydrogen-bond acceptors (Lipinski definition) is 3. The predicted octanol–water partition coefficient (Wildman–Crippen LogP) is 2.31. The number of rotatable bonds is 3. The summed E-state index contributed by atoms with van der Waals surface area (Å²) in [6.45, 7) is 0.0655. The van der Waals surface area contributed by atoms with Crippen LogP contribution >= 0.6 is 0 Å². The van der Waals surface area contributed by atoms with E-state index in [9.17, 15) is 9.18 Å². The largest absolute Gasteiger partial charge is 0.334 e. The zero-order chi connectivity index (χ0) is 17.1. The molecule has 2 N–H and O–H groups in total. The third kappa shape index (κ3) is 3.23. The Balaban J connectivity index is 1.60. The monoisotopic (exact) mass is 327 g/mol. The van der Waals surface area contributed by atoms with E-state index in [0.717, 1.165) is 36.6 Å². The zero-order valence-corrected chi connectivity index (χ0v) is 13.3. The van der Waals surface area contributed by atoms with Gasteiger partial charge in [-0.3, -0.25) is 4.68 Å². The highest BCUT2D eigenvalue weighted by atomic mass is 19.1. The summed E-state index contributed by atoms with van der Waals surface area (Å²) in [5.41, 5.74) is 2.79. The maximum Gasteiger partial charge on any atom is 0.315 e. The third-order valence-corrected chi connectivity index (χ3v) is 4.30. The number of fused-ring (bicyclic) bond motifs is 1. The van der Waals surface area contributed by atoms with E-state index in [4.69, 9.17) is 5.26 Å². The van der Waals surface area contributed by atoms with Gasteiger partial charge >= 0.3 is 6.03 Å². The minimum Gasteiger partial charge on any atom is -0.334 e. The Morgan fingerprint density at radius 3 is 3.12 bits per heavy atom. The number of nitrogens with zero attached hydrogens (tertiary/aromatic N) is 3.